The summed E-state index contributed by atoms with van der Waals surface area (Å²) in [6.45, 7) is 0.883. The average Bonchev–Trinajstić information content (AvgIpc) is 2.62. The van der Waals surface area contributed by atoms with Gasteiger partial charge >= 0.3 is 0 Å². The van der Waals surface area contributed by atoms with E-state index in [0.29, 0.717) is 17.5 Å². The van der Waals surface area contributed by atoms with Crippen molar-refractivity contribution in [2.24, 2.45) is 23.5 Å². The van der Waals surface area contributed by atoms with Crippen molar-refractivity contribution in [1.29, 1.82) is 0 Å². The minimum absolute atomic E-state index is 0.0803. The van der Waals surface area contributed by atoms with Gasteiger partial charge in [-0.2, -0.15) is 0 Å². The van der Waals surface area contributed by atoms with Gasteiger partial charge in [0.15, 0.2) is 23.3 Å². The highest BCUT2D eigenvalue weighted by Crippen LogP contribution is 2.41. The number of aliphatic hydroxyl groups excluding tert-OH is 1. The summed E-state index contributed by atoms with van der Waals surface area (Å²) in [5.74, 6) is -6.21. The molecule has 4 atom stereocenters. The van der Waals surface area contributed by atoms with Gasteiger partial charge in [-0.05, 0) is 42.9 Å². The van der Waals surface area contributed by atoms with Crippen LogP contribution in [0.3, 0.4) is 0 Å². The predicted molar refractivity (Wildman–Crippen MR) is 96.4 cm³/mol. The lowest BCUT2D eigenvalue weighted by molar-refractivity contribution is -0.167. The van der Waals surface area contributed by atoms with Crippen LogP contribution in [0.25, 0.3) is 0 Å². The molecule has 8 nitrogen and oxygen atoms in total. The first-order valence-electron chi connectivity index (χ1n) is 9.14. The van der Waals surface area contributed by atoms with E-state index in [1.54, 1.807) is 6.07 Å². The number of aliphatic hydroxyl groups is 2. The van der Waals surface area contributed by atoms with Crippen molar-refractivity contribution in [3.05, 3.63) is 28.8 Å². The fourth-order valence-electron chi connectivity index (χ4n) is 4.51. The molecule has 5 N–H and O–H groups in total. The van der Waals surface area contributed by atoms with Gasteiger partial charge in [0.2, 0.25) is 5.91 Å². The van der Waals surface area contributed by atoms with Crippen LogP contribution in [0.5, 0.6) is 5.75 Å². The number of rotatable bonds is 4. The Balaban J connectivity index is 1.88. The summed E-state index contributed by atoms with van der Waals surface area (Å²) in [6.07, 6.45) is 0.373. The van der Waals surface area contributed by atoms with Gasteiger partial charge in [0.05, 0.1) is 12.2 Å². The zero-order chi connectivity index (χ0) is 20.8. The van der Waals surface area contributed by atoms with Gasteiger partial charge in [0, 0.05) is 18.8 Å². The van der Waals surface area contributed by atoms with Crippen molar-refractivity contribution < 1.29 is 34.5 Å². The molecule has 28 heavy (non-hydrogen) atoms. The quantitative estimate of drug-likeness (QED) is 0.521. The number of nitrogens with two attached hydrogens (primary N) is 1. The number of carbonyl (C=O) groups is 4. The van der Waals surface area contributed by atoms with Crippen LogP contribution in [0, 0.1) is 24.7 Å². The third kappa shape index (κ3) is 3.12. The number of benzene rings is 1. The van der Waals surface area contributed by atoms with Crippen molar-refractivity contribution in [3.8, 4) is 5.75 Å². The molecule has 3 rings (SSSR count). The van der Waals surface area contributed by atoms with Crippen molar-refractivity contribution in [2.45, 2.75) is 38.2 Å². The van der Waals surface area contributed by atoms with Gasteiger partial charge in [-0.25, -0.2) is 0 Å². The van der Waals surface area contributed by atoms with E-state index >= 15 is 0 Å². The van der Waals surface area contributed by atoms with E-state index < -0.39 is 41.5 Å². The van der Waals surface area contributed by atoms with Gasteiger partial charge in [-0.15, -0.1) is 0 Å². The third-order valence-corrected chi connectivity index (χ3v) is 6.05. The highest BCUT2D eigenvalue weighted by molar-refractivity contribution is 6.22. The molecule has 0 aromatic heterocycles. The Bertz CT molecular complexity index is 878. The fraction of sp³-hybridized carbons (Fsp3) is 0.500. The summed E-state index contributed by atoms with van der Waals surface area (Å²) in [7, 11) is 0. The minimum Gasteiger partial charge on any atom is -0.507 e. The first-order chi connectivity index (χ1) is 13.1. The zero-order valence-corrected chi connectivity index (χ0v) is 15.5. The lowest BCUT2D eigenvalue weighted by Gasteiger charge is -2.41. The molecular weight excluding hydrogens is 366 g/mol. The molecule has 0 spiro atoms. The molecule has 150 valence electrons. The van der Waals surface area contributed by atoms with Crippen molar-refractivity contribution >= 4 is 23.3 Å². The van der Waals surface area contributed by atoms with Gasteiger partial charge in [-0.1, -0.05) is 6.07 Å². The maximum atomic E-state index is 12.5. The van der Waals surface area contributed by atoms with Gasteiger partial charge in [0.25, 0.3) is 0 Å². The lowest BCUT2D eigenvalue weighted by Crippen LogP contribution is -2.60. The predicted octanol–water partition coefficient (Wildman–Crippen LogP) is -0.181. The molecule has 0 aliphatic heterocycles. The summed E-state index contributed by atoms with van der Waals surface area (Å²) in [6, 6.07) is 3.18. The number of hydrogen-bond acceptors (Lipinski definition) is 7. The van der Waals surface area contributed by atoms with Crippen LogP contribution in [0.15, 0.2) is 12.1 Å². The fourth-order valence-corrected chi connectivity index (χ4v) is 4.51. The molecule has 1 fully saturated rings. The topological polar surface area (TPSA) is 155 Å². The maximum Gasteiger partial charge on any atom is 0.235 e. The van der Waals surface area contributed by atoms with Crippen LogP contribution in [0.2, 0.25) is 0 Å². The van der Waals surface area contributed by atoms with Crippen molar-refractivity contribution in [2.75, 3.05) is 6.61 Å². The van der Waals surface area contributed by atoms with E-state index in [1.807, 2.05) is 6.92 Å². The number of Topliss-reactive ketones (excluding diaryl/α,β-unsaturated/α-hetero) is 3. The zero-order valence-electron chi connectivity index (χ0n) is 15.5. The molecule has 2 aliphatic carbocycles. The van der Waals surface area contributed by atoms with E-state index in [2.05, 4.69) is 0 Å². The second-order valence-electron chi connectivity index (χ2n) is 7.84. The SMILES string of the molecule is Cc1ccc(O)c2c1C[C@@H](C[C@H]1CC(=O)C(C(N)=O)C(=O)[C@@]1(O)CO)CC2=O. The number of phenols is 1. The van der Waals surface area contributed by atoms with E-state index in [9.17, 15) is 34.5 Å². The number of aromatic hydroxyl groups is 1. The molecular formula is C20H23NO7. The van der Waals surface area contributed by atoms with Crippen molar-refractivity contribution in [3.63, 3.8) is 0 Å². The Morgan fingerprint density at radius 2 is 1.89 bits per heavy atom. The molecule has 1 saturated carbocycles. The van der Waals surface area contributed by atoms with E-state index in [0.717, 1.165) is 5.56 Å². The smallest absolute Gasteiger partial charge is 0.235 e. The Morgan fingerprint density at radius 1 is 1.21 bits per heavy atom. The van der Waals surface area contributed by atoms with Crippen LogP contribution >= 0.6 is 0 Å². The molecule has 0 radical (unpaired) electrons. The first-order valence-corrected chi connectivity index (χ1v) is 9.14. The summed E-state index contributed by atoms with van der Waals surface area (Å²) in [5, 5.41) is 30.4. The molecule has 8 heteroatoms. The number of carbonyl (C=O) groups excluding carboxylic acids is 4. The Labute approximate surface area is 161 Å². The Kier molecular flexibility index (Phi) is 5.12. The third-order valence-electron chi connectivity index (χ3n) is 6.05. The van der Waals surface area contributed by atoms with Gasteiger partial charge < -0.3 is 21.1 Å². The maximum absolute atomic E-state index is 12.5. The lowest BCUT2D eigenvalue weighted by atomic mass is 9.65. The summed E-state index contributed by atoms with van der Waals surface area (Å²) in [5.41, 5.74) is 4.69. The Morgan fingerprint density at radius 3 is 2.50 bits per heavy atom. The first kappa shape index (κ1) is 20.2. The van der Waals surface area contributed by atoms with Crippen molar-refractivity contribution in [1.82, 2.24) is 0 Å². The number of primary amides is 1. The highest BCUT2D eigenvalue weighted by atomic mass is 16.3. The normalized spacial score (nSPS) is 30.2. The molecule has 0 saturated heterocycles. The molecule has 1 aromatic rings. The van der Waals surface area contributed by atoms with Crippen LogP contribution in [-0.4, -0.2) is 50.8 Å². The standard InChI is InChI=1S/C20H23NO7/c1-9-2-3-13(23)16-12(9)5-10(6-14(16)24)4-11-7-15(25)17(19(21)27)18(26)20(11,28)8-22/h2-3,10-11,17,22-23,28H,4-8H2,1H3,(H2,21,27)/t10-,11+,17?,20-/m1/s1. The van der Waals surface area contributed by atoms with Gasteiger partial charge in [0.1, 0.15) is 11.4 Å². The number of aryl methyl sites for hydroxylation is 1. The van der Waals surface area contributed by atoms with Crippen LogP contribution in [0.4, 0.5) is 0 Å². The molecule has 2 aliphatic rings. The number of fused-ring (bicyclic) bond motifs is 1. The largest absolute Gasteiger partial charge is 0.507 e. The Hall–Kier alpha value is -2.58. The number of ketones is 3. The average molecular weight is 389 g/mol. The minimum atomic E-state index is -2.26. The summed E-state index contributed by atoms with van der Waals surface area (Å²) in [4.78, 5) is 48.8. The second-order valence-corrected chi connectivity index (χ2v) is 7.84. The van der Waals surface area contributed by atoms with Crippen LogP contribution < -0.4 is 5.73 Å². The molecule has 0 bridgehead atoms. The summed E-state index contributed by atoms with van der Waals surface area (Å²) >= 11 is 0. The molecule has 1 unspecified atom stereocenters. The molecule has 0 heterocycles. The molecule has 1 amide bonds. The van der Waals surface area contributed by atoms with E-state index in [4.69, 9.17) is 5.73 Å². The molecule has 1 aromatic carbocycles. The van der Waals surface area contributed by atoms with Gasteiger partial charge in [-0.3, -0.25) is 19.2 Å². The highest BCUT2D eigenvalue weighted by Gasteiger charge is 2.55. The van der Waals surface area contributed by atoms with Crippen LogP contribution in [0.1, 0.15) is 40.7 Å². The number of hydrogen-bond donors (Lipinski definition) is 4. The second kappa shape index (κ2) is 7.10. The summed E-state index contributed by atoms with van der Waals surface area (Å²) < 4.78 is 0. The number of phenolic OH excluding ortho intramolecular Hbond substituents is 1. The van der Waals surface area contributed by atoms with E-state index in [-0.39, 0.29) is 36.7 Å². The van der Waals surface area contributed by atoms with E-state index in [1.165, 1.54) is 6.07 Å². The van der Waals surface area contributed by atoms with Crippen LogP contribution in [-0.2, 0) is 20.8 Å². The monoisotopic (exact) mass is 389 g/mol. The number of amides is 1.